The van der Waals surface area contributed by atoms with E-state index in [2.05, 4.69) is 4.99 Å². The van der Waals surface area contributed by atoms with Gasteiger partial charge in [0, 0.05) is 5.69 Å². The highest BCUT2D eigenvalue weighted by atomic mass is 16.7. The van der Waals surface area contributed by atoms with Crippen LogP contribution in [0.15, 0.2) is 59.6 Å². The number of nitrogens with one attached hydrogen (secondary N) is 1. The van der Waals surface area contributed by atoms with Gasteiger partial charge in [-0.15, -0.1) is 0 Å². The number of benzene rings is 3. The van der Waals surface area contributed by atoms with Crippen molar-refractivity contribution in [1.82, 2.24) is 0 Å². The molecule has 0 aromatic heterocycles. The van der Waals surface area contributed by atoms with Crippen molar-refractivity contribution in [1.29, 1.82) is 0 Å². The molecule has 0 bridgehead atoms. The molecule has 7 rings (SSSR count). The molecule has 1 N–H and O–H groups in total. The predicted octanol–water partition coefficient (Wildman–Crippen LogP) is 4.46. The fourth-order valence-corrected chi connectivity index (χ4v) is 5.23. The van der Waals surface area contributed by atoms with E-state index < -0.39 is 5.41 Å². The van der Waals surface area contributed by atoms with Crippen molar-refractivity contribution < 1.29 is 23.7 Å². The molecular formula is C25H18N3O5-. The number of para-hydroxylation sites is 1. The average molecular weight is 440 g/mol. The monoisotopic (exact) mass is 440 g/mol. The van der Waals surface area contributed by atoms with E-state index in [1.807, 2.05) is 48.5 Å². The van der Waals surface area contributed by atoms with Gasteiger partial charge in [-0.3, -0.25) is 4.79 Å². The van der Waals surface area contributed by atoms with Gasteiger partial charge in [0.25, 0.3) is 0 Å². The number of amides is 1. The van der Waals surface area contributed by atoms with Crippen molar-refractivity contribution in [3.63, 3.8) is 0 Å². The highest BCUT2D eigenvalue weighted by Crippen LogP contribution is 2.55. The summed E-state index contributed by atoms with van der Waals surface area (Å²) in [4.78, 5) is 20.5. The first-order valence-electron chi connectivity index (χ1n) is 10.7. The number of ether oxygens (including phenoxy) is 4. The Bertz CT molecular complexity index is 1380. The lowest BCUT2D eigenvalue weighted by molar-refractivity contribution is -0.121. The molecule has 1 unspecified atom stereocenters. The summed E-state index contributed by atoms with van der Waals surface area (Å²) in [6, 6.07) is 17.1. The van der Waals surface area contributed by atoms with Crippen LogP contribution in [-0.4, -0.2) is 25.3 Å². The lowest BCUT2D eigenvalue weighted by Gasteiger charge is -2.37. The fraction of sp³-hybridized carbons (Fsp3) is 0.200. The highest BCUT2D eigenvalue weighted by Gasteiger charge is 2.53. The summed E-state index contributed by atoms with van der Waals surface area (Å²) in [5.41, 5.74) is 11.4. The number of hydrogen-bond donors (Lipinski definition) is 0. The maximum atomic E-state index is 14.2. The van der Waals surface area contributed by atoms with Gasteiger partial charge in [-0.25, -0.2) is 0 Å². The van der Waals surface area contributed by atoms with E-state index in [4.69, 9.17) is 24.7 Å². The van der Waals surface area contributed by atoms with Crippen molar-refractivity contribution in [3.8, 4) is 23.0 Å². The lowest BCUT2D eigenvalue weighted by atomic mass is 9.70. The van der Waals surface area contributed by atoms with Crippen LogP contribution in [0.4, 0.5) is 11.4 Å². The van der Waals surface area contributed by atoms with E-state index in [1.54, 1.807) is 11.0 Å². The predicted molar refractivity (Wildman–Crippen MR) is 120 cm³/mol. The molecule has 0 aliphatic carbocycles. The Kier molecular flexibility index (Phi) is 3.57. The second-order valence-corrected chi connectivity index (χ2v) is 8.46. The van der Waals surface area contributed by atoms with Crippen molar-refractivity contribution in [2.24, 2.45) is 4.99 Å². The second kappa shape index (κ2) is 6.41. The number of carbonyl (C=O) groups is 1. The Hall–Kier alpha value is -4.20. The molecule has 3 aromatic carbocycles. The summed E-state index contributed by atoms with van der Waals surface area (Å²) in [5.74, 6) is 2.64. The molecule has 4 heterocycles. The molecule has 164 valence electrons. The molecule has 4 aliphatic heterocycles. The number of amidine groups is 1. The topological polar surface area (TPSA) is 93.4 Å². The van der Waals surface area contributed by atoms with E-state index >= 15 is 0 Å². The molecule has 4 aliphatic rings. The molecule has 0 fully saturated rings. The normalized spacial score (nSPS) is 21.3. The Morgan fingerprint density at radius 3 is 2.45 bits per heavy atom. The summed E-state index contributed by atoms with van der Waals surface area (Å²) < 4.78 is 22.1. The van der Waals surface area contributed by atoms with Crippen molar-refractivity contribution >= 4 is 23.1 Å². The zero-order valence-electron chi connectivity index (χ0n) is 17.5. The SMILES string of the molecule is [NH-]C1=Nc2cc3c(cc2C2(C1)C(=O)N(Cc1ccc4c(c1)OCO4)c1ccccc12)OCO3. The molecule has 0 saturated heterocycles. The Morgan fingerprint density at radius 1 is 0.879 bits per heavy atom. The fourth-order valence-electron chi connectivity index (χ4n) is 5.23. The largest absolute Gasteiger partial charge is 0.486 e. The highest BCUT2D eigenvalue weighted by molar-refractivity contribution is 6.15. The van der Waals surface area contributed by atoms with Gasteiger partial charge < -0.3 is 34.6 Å². The van der Waals surface area contributed by atoms with Crippen LogP contribution in [0.2, 0.25) is 0 Å². The number of hydrogen-bond acceptors (Lipinski definition) is 6. The van der Waals surface area contributed by atoms with Crippen LogP contribution in [0, 0.1) is 0 Å². The third-order valence-electron chi connectivity index (χ3n) is 6.68. The molecular weight excluding hydrogens is 422 g/mol. The standard InChI is InChI=1S/C25H18N3O5/c26-23-10-25(16-8-21-22(33-13-32-21)9-17(16)27-23)15-3-1-2-4-18(15)28(24(25)29)11-14-5-6-19-20(7-14)31-12-30-19/h1-9H,10-13H2,(H-,26,27)/q-1. The Morgan fingerprint density at radius 2 is 1.61 bits per heavy atom. The smallest absolute Gasteiger partial charge is 0.242 e. The number of rotatable bonds is 2. The van der Waals surface area contributed by atoms with Crippen molar-refractivity contribution in [3.05, 3.63) is 77.0 Å². The third kappa shape index (κ3) is 2.46. The summed E-state index contributed by atoms with van der Waals surface area (Å²) in [7, 11) is 0. The molecule has 1 atom stereocenters. The first kappa shape index (κ1) is 18.4. The van der Waals surface area contributed by atoms with Crippen molar-refractivity contribution in [2.75, 3.05) is 18.5 Å². The zero-order valence-corrected chi connectivity index (χ0v) is 17.5. The molecule has 8 nitrogen and oxygen atoms in total. The maximum absolute atomic E-state index is 14.2. The Balaban J connectivity index is 1.38. The second-order valence-electron chi connectivity index (χ2n) is 8.46. The number of nitrogens with zero attached hydrogens (tertiary/aromatic N) is 2. The maximum Gasteiger partial charge on any atom is 0.242 e. The van der Waals surface area contributed by atoms with E-state index in [-0.39, 0.29) is 31.7 Å². The first-order valence-corrected chi connectivity index (χ1v) is 10.7. The van der Waals surface area contributed by atoms with Gasteiger partial charge in [0.2, 0.25) is 19.5 Å². The van der Waals surface area contributed by atoms with Crippen molar-refractivity contribution in [2.45, 2.75) is 18.4 Å². The summed E-state index contributed by atoms with van der Waals surface area (Å²) in [6.07, 6.45) is 0.188. The minimum atomic E-state index is -1.04. The van der Waals surface area contributed by atoms with Gasteiger partial charge in [0.15, 0.2) is 23.0 Å². The van der Waals surface area contributed by atoms with Crippen LogP contribution in [0.3, 0.4) is 0 Å². The third-order valence-corrected chi connectivity index (χ3v) is 6.68. The summed E-state index contributed by atoms with van der Waals surface area (Å²) in [5, 5.41) is 0. The van der Waals surface area contributed by atoms with Crippen LogP contribution >= 0.6 is 0 Å². The lowest BCUT2D eigenvalue weighted by Crippen LogP contribution is -2.43. The molecule has 1 spiro atoms. The zero-order chi connectivity index (χ0) is 22.2. The van der Waals surface area contributed by atoms with Crippen LogP contribution in [0.1, 0.15) is 23.1 Å². The van der Waals surface area contributed by atoms with Gasteiger partial charge >= 0.3 is 0 Å². The van der Waals surface area contributed by atoms with Crippen LogP contribution in [-0.2, 0) is 16.8 Å². The molecule has 0 saturated carbocycles. The number of carbonyl (C=O) groups excluding carboxylic acids is 1. The minimum Gasteiger partial charge on any atom is -0.486 e. The molecule has 0 radical (unpaired) electrons. The van der Waals surface area contributed by atoms with Gasteiger partial charge in [-0.1, -0.05) is 30.1 Å². The van der Waals surface area contributed by atoms with E-state index in [0.717, 1.165) is 22.4 Å². The first-order chi connectivity index (χ1) is 16.1. The Labute approximate surface area is 189 Å². The minimum absolute atomic E-state index is 0.0823. The number of fused-ring (bicyclic) bond motifs is 6. The summed E-state index contributed by atoms with van der Waals surface area (Å²) in [6.45, 7) is 0.702. The molecule has 8 heteroatoms. The van der Waals surface area contributed by atoms with E-state index in [1.165, 1.54) is 0 Å². The van der Waals surface area contributed by atoms with Gasteiger partial charge in [0.1, 0.15) is 5.41 Å². The quantitative estimate of drug-likeness (QED) is 0.586. The van der Waals surface area contributed by atoms with Crippen LogP contribution in [0.25, 0.3) is 5.73 Å². The average Bonchev–Trinajstić information content (AvgIpc) is 3.52. The van der Waals surface area contributed by atoms with Gasteiger partial charge in [-0.2, -0.15) is 0 Å². The molecule has 1 amide bonds. The van der Waals surface area contributed by atoms with Gasteiger partial charge in [-0.05, 0) is 59.1 Å². The summed E-state index contributed by atoms with van der Waals surface area (Å²) >= 11 is 0. The molecule has 3 aromatic rings. The molecule has 33 heavy (non-hydrogen) atoms. The number of anilines is 1. The van der Waals surface area contributed by atoms with Crippen LogP contribution < -0.4 is 23.8 Å². The van der Waals surface area contributed by atoms with Crippen LogP contribution in [0.5, 0.6) is 23.0 Å². The number of aliphatic imine (C=N–C) groups is 1. The van der Waals surface area contributed by atoms with E-state index in [0.29, 0.717) is 35.2 Å². The van der Waals surface area contributed by atoms with Gasteiger partial charge in [0.05, 0.1) is 6.54 Å². The van der Waals surface area contributed by atoms with E-state index in [9.17, 15) is 4.79 Å².